The fourth-order valence-electron chi connectivity index (χ4n) is 10.5. The Morgan fingerprint density at radius 1 is 0.306 bits per heavy atom. The molecule has 0 aliphatic rings. The van der Waals surface area contributed by atoms with Crippen LogP contribution in [0.15, 0.2) is 243 Å². The monoisotopic (exact) mass is 916 g/mol. The molecule has 0 atom stereocenters. The summed E-state index contributed by atoms with van der Waals surface area (Å²) in [5, 5.41) is 4.48. The molecule has 0 saturated carbocycles. The molecule has 0 fully saturated rings. The fraction of sp³-hybridized carbons (Fsp3) is 0. The summed E-state index contributed by atoms with van der Waals surface area (Å²) in [5.41, 5.74) is 18.1. The van der Waals surface area contributed by atoms with Crippen molar-refractivity contribution in [2.45, 2.75) is 0 Å². The minimum atomic E-state index is 0.628. The number of para-hydroxylation sites is 4. The molecule has 0 amide bonds. The van der Waals surface area contributed by atoms with E-state index in [1.807, 2.05) is 84.9 Å². The zero-order valence-electron chi connectivity index (χ0n) is 38.8. The lowest BCUT2D eigenvalue weighted by Gasteiger charge is -2.18. The van der Waals surface area contributed by atoms with Crippen molar-refractivity contribution in [2.75, 3.05) is 0 Å². The Bertz CT molecular complexity index is 4300. The number of hydrogen-bond acceptors (Lipinski definition) is 2. The quantitative estimate of drug-likeness (QED) is 0.143. The first kappa shape index (κ1) is 42.0. The van der Waals surface area contributed by atoms with Crippen molar-refractivity contribution >= 4 is 55.0 Å². The third-order valence-electron chi connectivity index (χ3n) is 13.8. The van der Waals surface area contributed by atoms with Gasteiger partial charge in [-0.15, -0.1) is 0 Å². The van der Waals surface area contributed by atoms with Gasteiger partial charge in [0.15, 0.2) is 17.2 Å². The van der Waals surface area contributed by atoms with Crippen LogP contribution in [0.5, 0.6) is 0 Å². The first-order valence-electron chi connectivity index (χ1n) is 23.9. The molecule has 6 nitrogen and oxygen atoms in total. The smallest absolute Gasteiger partial charge is 0.194 e. The number of aromatic nitrogens is 4. The molecule has 0 bridgehead atoms. The van der Waals surface area contributed by atoms with Gasteiger partial charge >= 0.3 is 0 Å². The van der Waals surface area contributed by atoms with E-state index in [1.54, 1.807) is 0 Å². The summed E-state index contributed by atoms with van der Waals surface area (Å²) >= 11 is 0. The van der Waals surface area contributed by atoms with Crippen LogP contribution in [-0.4, -0.2) is 19.1 Å². The van der Waals surface area contributed by atoms with Gasteiger partial charge in [0.1, 0.15) is 0 Å². The molecule has 0 unspecified atom stereocenters. The Hall–Kier alpha value is -10.1. The molecule has 0 aliphatic heterocycles. The van der Waals surface area contributed by atoms with Gasteiger partial charge in [-0.1, -0.05) is 176 Å². The Balaban J connectivity index is 1.05. The van der Waals surface area contributed by atoms with E-state index in [2.05, 4.69) is 177 Å². The molecule has 13 aromatic rings. The molecular weight excluding hydrogens is 877 g/mol. The second kappa shape index (κ2) is 17.4. The van der Waals surface area contributed by atoms with Crippen LogP contribution in [0.4, 0.5) is 11.4 Å². The topological polar surface area (TPSA) is 44.4 Å². The normalized spacial score (nSPS) is 11.3. The van der Waals surface area contributed by atoms with Crippen LogP contribution in [-0.2, 0) is 0 Å². The van der Waals surface area contributed by atoms with Gasteiger partial charge in [0.05, 0.1) is 52.3 Å². The molecule has 10 aromatic carbocycles. The first-order chi connectivity index (χ1) is 35.6. The van der Waals surface area contributed by atoms with Gasteiger partial charge in [-0.3, -0.25) is 0 Å². The molecule has 3 heterocycles. The highest BCUT2D eigenvalue weighted by atomic mass is 15.0. The Morgan fingerprint density at radius 2 is 0.778 bits per heavy atom. The van der Waals surface area contributed by atoms with Crippen LogP contribution in [0, 0.1) is 13.1 Å². The highest BCUT2D eigenvalue weighted by Gasteiger charge is 2.21. The number of fused-ring (bicyclic) bond motifs is 6. The van der Waals surface area contributed by atoms with Crippen molar-refractivity contribution in [1.29, 1.82) is 0 Å². The minimum absolute atomic E-state index is 0.628. The van der Waals surface area contributed by atoms with Crippen molar-refractivity contribution < 1.29 is 0 Å². The summed E-state index contributed by atoms with van der Waals surface area (Å²) in [7, 11) is 0. The highest BCUT2D eigenvalue weighted by Crippen LogP contribution is 2.43. The third-order valence-corrected chi connectivity index (χ3v) is 13.8. The van der Waals surface area contributed by atoms with E-state index < -0.39 is 0 Å². The van der Waals surface area contributed by atoms with E-state index >= 15 is 0 Å². The maximum atomic E-state index is 7.94. The molecule has 0 aliphatic carbocycles. The van der Waals surface area contributed by atoms with Crippen LogP contribution in [0.2, 0.25) is 0 Å². The molecule has 13 rings (SSSR count). The first-order valence-corrected chi connectivity index (χ1v) is 23.9. The van der Waals surface area contributed by atoms with E-state index in [0.29, 0.717) is 17.2 Å². The van der Waals surface area contributed by atoms with Crippen LogP contribution in [0.1, 0.15) is 0 Å². The Morgan fingerprint density at radius 3 is 1.40 bits per heavy atom. The average Bonchev–Trinajstić information content (AvgIpc) is 3.97. The van der Waals surface area contributed by atoms with Gasteiger partial charge in [0.2, 0.25) is 0 Å². The zero-order chi connectivity index (χ0) is 48.1. The third kappa shape index (κ3) is 7.10. The lowest BCUT2D eigenvalue weighted by Crippen LogP contribution is -2.00. The van der Waals surface area contributed by atoms with Gasteiger partial charge in [0.25, 0.3) is 0 Å². The maximum Gasteiger partial charge on any atom is 0.194 e. The summed E-state index contributed by atoms with van der Waals surface area (Å²) in [6, 6.07) is 84.1. The second-order valence-corrected chi connectivity index (χ2v) is 17.9. The van der Waals surface area contributed by atoms with Gasteiger partial charge in [-0.25, -0.2) is 19.7 Å². The average molecular weight is 917 g/mol. The van der Waals surface area contributed by atoms with E-state index in [1.165, 1.54) is 0 Å². The molecule has 0 spiro atoms. The molecule has 0 radical (unpaired) electrons. The largest absolute Gasteiger partial charge is 0.309 e. The lowest BCUT2D eigenvalue weighted by atomic mass is 9.97. The van der Waals surface area contributed by atoms with Crippen LogP contribution in [0.3, 0.4) is 0 Å². The highest BCUT2D eigenvalue weighted by molar-refractivity contribution is 6.12. The summed E-state index contributed by atoms with van der Waals surface area (Å²) in [5.74, 6) is 0.657. The predicted molar refractivity (Wildman–Crippen MR) is 296 cm³/mol. The van der Waals surface area contributed by atoms with Crippen molar-refractivity contribution in [3.8, 4) is 78.7 Å². The summed E-state index contributed by atoms with van der Waals surface area (Å²) in [6.07, 6.45) is 0. The molecule has 0 N–H and O–H groups in total. The summed E-state index contributed by atoms with van der Waals surface area (Å²) < 4.78 is 4.74. The lowest BCUT2D eigenvalue weighted by molar-refractivity contribution is 1.16. The van der Waals surface area contributed by atoms with Gasteiger partial charge in [-0.05, 0) is 94.5 Å². The van der Waals surface area contributed by atoms with E-state index in [9.17, 15) is 0 Å². The molecule has 6 heteroatoms. The Labute approximate surface area is 416 Å². The van der Waals surface area contributed by atoms with E-state index in [0.717, 1.165) is 116 Å². The minimum Gasteiger partial charge on any atom is -0.309 e. The van der Waals surface area contributed by atoms with Crippen LogP contribution < -0.4 is 0 Å². The van der Waals surface area contributed by atoms with Gasteiger partial charge in [0, 0.05) is 49.5 Å². The van der Waals surface area contributed by atoms with Gasteiger partial charge in [-0.2, -0.15) is 0 Å². The molecule has 0 saturated heterocycles. The van der Waals surface area contributed by atoms with Crippen LogP contribution >= 0.6 is 0 Å². The zero-order valence-corrected chi connectivity index (χ0v) is 38.8. The van der Waals surface area contributed by atoms with Crippen molar-refractivity contribution in [3.05, 3.63) is 265 Å². The molecule has 3 aromatic heterocycles. The maximum absolute atomic E-state index is 7.94. The van der Waals surface area contributed by atoms with Crippen molar-refractivity contribution in [1.82, 2.24) is 19.1 Å². The SMILES string of the molecule is [C-]#[N+]c1ccccc1-c1ccc2c(c1)c1ccccc1n2-c1cccc(-c2cc(-c3cc(-c4ccccc4)nc(-c4ccccc4)n3)ccc2-n2c3ccccc3c3cc(-c4ccccc4[N+]#[C-])ccc32)c1. The summed E-state index contributed by atoms with van der Waals surface area (Å²) in [6.45, 7) is 15.8. The number of benzene rings is 10. The van der Waals surface area contributed by atoms with E-state index in [-0.39, 0.29) is 0 Å². The molecular formula is C66H40N6. The number of hydrogen-bond donors (Lipinski definition) is 0. The number of rotatable bonds is 8. The van der Waals surface area contributed by atoms with Crippen molar-refractivity contribution in [3.63, 3.8) is 0 Å². The van der Waals surface area contributed by atoms with Crippen LogP contribution in [0.25, 0.3) is 132 Å². The standard InChI is InChI=1S/C66H40N6/c1-67-57-28-13-9-24-50(57)46-32-35-64-55(39-46)52-26-11-15-30-61(52)71(64)49-23-17-22-45(38-49)54-41-48(60-42-59(43-18-5-3-6-19-43)69-66(70-60)44-20-7-4-8-21-44)34-37-63(54)72-62-31-16-12-27-53(62)56-40-47(33-36-65(56)72)51-25-10-14-29-58(51)68-2/h3-42H. The Kier molecular flexibility index (Phi) is 10.2. The second-order valence-electron chi connectivity index (χ2n) is 17.9. The summed E-state index contributed by atoms with van der Waals surface area (Å²) in [4.78, 5) is 18.1. The molecule has 334 valence electrons. The number of nitrogens with zero attached hydrogens (tertiary/aromatic N) is 6. The molecule has 72 heavy (non-hydrogen) atoms. The van der Waals surface area contributed by atoms with E-state index in [4.69, 9.17) is 23.1 Å². The van der Waals surface area contributed by atoms with Crippen molar-refractivity contribution in [2.24, 2.45) is 0 Å². The predicted octanol–water partition coefficient (Wildman–Crippen LogP) is 17.8. The fourth-order valence-corrected chi connectivity index (χ4v) is 10.5. The van der Waals surface area contributed by atoms with Gasteiger partial charge < -0.3 is 9.13 Å².